The number of fused-ring (bicyclic) bond motifs is 1. The Labute approximate surface area is 161 Å². The molecule has 0 unspecified atom stereocenters. The van der Waals surface area contributed by atoms with Crippen LogP contribution in [0.3, 0.4) is 0 Å². The first-order valence-electron chi connectivity index (χ1n) is 9.47. The molecule has 0 amide bonds. The molecule has 2 aromatic heterocycles. The second-order valence-corrected chi connectivity index (χ2v) is 7.19. The van der Waals surface area contributed by atoms with Crippen LogP contribution in [0.15, 0.2) is 59.3 Å². The van der Waals surface area contributed by atoms with Crippen LogP contribution in [0.5, 0.6) is 0 Å². The molecule has 4 aromatic rings. The standard InChI is InChI=1S/C21H20N6O/c1-13(14-4-2-3-5-14)22-17-9-6-15(7-10-17)20-18-12-16(21-23-26-27-24-21)8-11-19(18)25-28-20/h6-12,14,22H,1-5H2,(H,23,24,26,27). The molecule has 0 radical (unpaired) electrons. The largest absolute Gasteiger partial charge is 0.359 e. The van der Waals surface area contributed by atoms with Crippen molar-refractivity contribution in [3.05, 3.63) is 54.7 Å². The first kappa shape index (κ1) is 16.7. The number of tetrazole rings is 1. The molecule has 2 aromatic carbocycles. The quantitative estimate of drug-likeness (QED) is 0.523. The minimum atomic E-state index is 0.541. The van der Waals surface area contributed by atoms with Crippen molar-refractivity contribution in [1.29, 1.82) is 0 Å². The molecule has 1 saturated carbocycles. The molecule has 2 N–H and O–H groups in total. The van der Waals surface area contributed by atoms with Gasteiger partial charge < -0.3 is 9.84 Å². The van der Waals surface area contributed by atoms with E-state index in [0.717, 1.165) is 39.2 Å². The highest BCUT2D eigenvalue weighted by Gasteiger charge is 2.18. The fourth-order valence-electron chi connectivity index (χ4n) is 3.84. The highest BCUT2D eigenvalue weighted by Crippen LogP contribution is 2.33. The van der Waals surface area contributed by atoms with Crippen LogP contribution in [0.4, 0.5) is 5.69 Å². The van der Waals surface area contributed by atoms with Crippen LogP contribution in [0.1, 0.15) is 25.7 Å². The number of anilines is 1. The number of rotatable bonds is 5. The van der Waals surface area contributed by atoms with Gasteiger partial charge in [-0.15, -0.1) is 10.2 Å². The van der Waals surface area contributed by atoms with Crippen molar-refractivity contribution >= 4 is 16.6 Å². The van der Waals surface area contributed by atoms with Crippen LogP contribution in [-0.4, -0.2) is 25.8 Å². The van der Waals surface area contributed by atoms with Gasteiger partial charge in [0.2, 0.25) is 5.82 Å². The second-order valence-electron chi connectivity index (χ2n) is 7.19. The topological polar surface area (TPSA) is 92.5 Å². The predicted octanol–water partition coefficient (Wildman–Crippen LogP) is 4.79. The third-order valence-corrected chi connectivity index (χ3v) is 5.38. The highest BCUT2D eigenvalue weighted by atomic mass is 16.5. The average Bonchev–Trinajstić information content (AvgIpc) is 3.49. The molecule has 0 saturated heterocycles. The van der Waals surface area contributed by atoms with E-state index in [1.807, 2.05) is 42.5 Å². The van der Waals surface area contributed by atoms with Gasteiger partial charge in [-0.1, -0.05) is 24.6 Å². The van der Waals surface area contributed by atoms with E-state index in [-0.39, 0.29) is 0 Å². The summed E-state index contributed by atoms with van der Waals surface area (Å²) in [5, 5.41) is 22.7. The molecule has 28 heavy (non-hydrogen) atoms. The Morgan fingerprint density at radius 3 is 2.61 bits per heavy atom. The number of nitrogens with zero attached hydrogens (tertiary/aromatic N) is 4. The molecule has 5 rings (SSSR count). The summed E-state index contributed by atoms with van der Waals surface area (Å²) in [5.74, 6) is 1.85. The van der Waals surface area contributed by atoms with Crippen LogP contribution >= 0.6 is 0 Å². The number of allylic oxidation sites excluding steroid dienone is 1. The smallest absolute Gasteiger partial charge is 0.204 e. The summed E-state index contributed by atoms with van der Waals surface area (Å²) in [5.41, 5.74) is 4.76. The molecule has 0 bridgehead atoms. The third kappa shape index (κ3) is 3.05. The molecule has 2 heterocycles. The minimum absolute atomic E-state index is 0.541. The first-order chi connectivity index (χ1) is 13.8. The fraction of sp³-hybridized carbons (Fsp3) is 0.238. The number of hydrogen-bond donors (Lipinski definition) is 2. The van der Waals surface area contributed by atoms with Crippen molar-refractivity contribution in [1.82, 2.24) is 25.8 Å². The molecule has 7 heteroatoms. The Kier molecular flexibility index (Phi) is 4.12. The maximum absolute atomic E-state index is 5.62. The molecule has 0 aliphatic heterocycles. The van der Waals surface area contributed by atoms with Gasteiger partial charge in [-0.25, -0.2) is 0 Å². The summed E-state index contributed by atoms with van der Waals surface area (Å²) in [6, 6.07) is 13.9. The SMILES string of the molecule is C=C(Nc1ccc(-c2onc3ccc(-c4nn[nH]n4)cc23)cc1)C1CCCC1. The van der Waals surface area contributed by atoms with E-state index in [2.05, 4.69) is 37.7 Å². The zero-order chi connectivity index (χ0) is 18.9. The summed E-state index contributed by atoms with van der Waals surface area (Å²) in [6.45, 7) is 4.22. The van der Waals surface area contributed by atoms with Crippen LogP contribution in [0.2, 0.25) is 0 Å². The molecule has 1 aliphatic carbocycles. The lowest BCUT2D eigenvalue weighted by molar-refractivity contribution is 0.441. The van der Waals surface area contributed by atoms with Crippen LogP contribution in [0, 0.1) is 5.92 Å². The number of benzene rings is 2. The zero-order valence-electron chi connectivity index (χ0n) is 15.4. The van der Waals surface area contributed by atoms with E-state index in [9.17, 15) is 0 Å². The van der Waals surface area contributed by atoms with Gasteiger partial charge in [0.05, 0.1) is 5.39 Å². The summed E-state index contributed by atoms with van der Waals surface area (Å²) < 4.78 is 5.62. The summed E-state index contributed by atoms with van der Waals surface area (Å²) in [6.07, 6.45) is 5.07. The minimum Gasteiger partial charge on any atom is -0.359 e. The lowest BCUT2D eigenvalue weighted by Gasteiger charge is -2.15. The summed E-state index contributed by atoms with van der Waals surface area (Å²) in [4.78, 5) is 0. The predicted molar refractivity (Wildman–Crippen MR) is 107 cm³/mol. The Balaban J connectivity index is 1.42. The molecular formula is C21H20N6O. The number of hydrogen-bond acceptors (Lipinski definition) is 6. The molecule has 1 fully saturated rings. The zero-order valence-corrected chi connectivity index (χ0v) is 15.4. The Hall–Kier alpha value is -3.48. The van der Waals surface area contributed by atoms with Gasteiger partial charge in [-0.3, -0.25) is 0 Å². The van der Waals surface area contributed by atoms with Crippen LogP contribution in [-0.2, 0) is 0 Å². The monoisotopic (exact) mass is 372 g/mol. The molecule has 0 spiro atoms. The number of aromatic nitrogens is 5. The molecular weight excluding hydrogens is 352 g/mol. The van der Waals surface area contributed by atoms with Crippen molar-refractivity contribution < 1.29 is 4.52 Å². The van der Waals surface area contributed by atoms with E-state index in [0.29, 0.717) is 11.7 Å². The number of nitrogens with one attached hydrogen (secondary N) is 2. The van der Waals surface area contributed by atoms with Crippen molar-refractivity contribution in [3.8, 4) is 22.7 Å². The molecule has 7 nitrogen and oxygen atoms in total. The van der Waals surface area contributed by atoms with Crippen molar-refractivity contribution in [3.63, 3.8) is 0 Å². The van der Waals surface area contributed by atoms with E-state index >= 15 is 0 Å². The first-order valence-corrected chi connectivity index (χ1v) is 9.47. The van der Waals surface area contributed by atoms with Gasteiger partial charge in [-0.2, -0.15) is 5.21 Å². The van der Waals surface area contributed by atoms with Crippen LogP contribution < -0.4 is 5.32 Å². The third-order valence-electron chi connectivity index (χ3n) is 5.38. The second kappa shape index (κ2) is 6.92. The van der Waals surface area contributed by atoms with E-state index in [4.69, 9.17) is 4.52 Å². The average molecular weight is 372 g/mol. The lowest BCUT2D eigenvalue weighted by Crippen LogP contribution is -2.07. The van der Waals surface area contributed by atoms with E-state index in [1.54, 1.807) is 0 Å². The van der Waals surface area contributed by atoms with Crippen molar-refractivity contribution in [2.75, 3.05) is 5.32 Å². The van der Waals surface area contributed by atoms with Gasteiger partial charge in [0.1, 0.15) is 5.52 Å². The normalized spacial score (nSPS) is 14.6. The van der Waals surface area contributed by atoms with Gasteiger partial charge in [0.25, 0.3) is 0 Å². The lowest BCUT2D eigenvalue weighted by atomic mass is 10.0. The molecule has 140 valence electrons. The maximum atomic E-state index is 5.62. The Bertz CT molecular complexity index is 1110. The Morgan fingerprint density at radius 2 is 1.86 bits per heavy atom. The van der Waals surface area contributed by atoms with Crippen molar-refractivity contribution in [2.45, 2.75) is 25.7 Å². The van der Waals surface area contributed by atoms with Gasteiger partial charge in [0, 0.05) is 22.5 Å². The van der Waals surface area contributed by atoms with Crippen LogP contribution in [0.25, 0.3) is 33.6 Å². The highest BCUT2D eigenvalue weighted by molar-refractivity contribution is 5.94. The Morgan fingerprint density at radius 1 is 1.07 bits per heavy atom. The van der Waals surface area contributed by atoms with E-state index in [1.165, 1.54) is 25.7 Å². The summed E-state index contributed by atoms with van der Waals surface area (Å²) >= 11 is 0. The maximum Gasteiger partial charge on any atom is 0.204 e. The summed E-state index contributed by atoms with van der Waals surface area (Å²) in [7, 11) is 0. The van der Waals surface area contributed by atoms with Gasteiger partial charge in [0.15, 0.2) is 5.76 Å². The van der Waals surface area contributed by atoms with E-state index < -0.39 is 0 Å². The number of H-pyrrole nitrogens is 1. The van der Waals surface area contributed by atoms with Gasteiger partial charge >= 0.3 is 0 Å². The van der Waals surface area contributed by atoms with Gasteiger partial charge in [-0.05, 0) is 66.4 Å². The number of aromatic amines is 1. The fourth-order valence-corrected chi connectivity index (χ4v) is 3.84. The molecule has 0 atom stereocenters. The molecule has 1 aliphatic rings. The van der Waals surface area contributed by atoms with Crippen molar-refractivity contribution in [2.24, 2.45) is 5.92 Å².